The number of benzene rings is 1. The van der Waals surface area contributed by atoms with E-state index in [0.717, 1.165) is 126 Å². The summed E-state index contributed by atoms with van der Waals surface area (Å²) in [4.78, 5) is 66.8. The van der Waals surface area contributed by atoms with Crippen LogP contribution in [-0.4, -0.2) is 163 Å². The molecule has 0 aliphatic carbocycles. The molecule has 6 rings (SSSR count). The molecule has 4 aromatic heterocycles. The van der Waals surface area contributed by atoms with E-state index in [4.69, 9.17) is 33.9 Å². The van der Waals surface area contributed by atoms with Crippen molar-refractivity contribution in [1.82, 2.24) is 40.6 Å². The van der Waals surface area contributed by atoms with Crippen LogP contribution in [-0.2, 0) is 62.5 Å². The third-order valence-electron chi connectivity index (χ3n) is 12.2. The number of carbonyl (C=O) groups is 5. The quantitative estimate of drug-likeness (QED) is 0.00911. The molecule has 1 amide bonds. The summed E-state index contributed by atoms with van der Waals surface area (Å²) >= 11 is 5.42. The number of ether oxygens (including phenoxy) is 4. The fourth-order valence-electron chi connectivity index (χ4n) is 8.31. The van der Waals surface area contributed by atoms with Crippen LogP contribution >= 0.6 is 52.8 Å². The molecule has 0 spiro atoms. The Morgan fingerprint density at radius 2 is 1.51 bits per heavy atom. The van der Waals surface area contributed by atoms with E-state index in [9.17, 15) is 14.4 Å². The van der Waals surface area contributed by atoms with Crippen molar-refractivity contribution in [2.75, 3.05) is 106 Å². The molecule has 1 saturated heterocycles. The number of hydrogen-bond donors (Lipinski definition) is 4. The lowest BCUT2D eigenvalue weighted by Gasteiger charge is -2.36. The summed E-state index contributed by atoms with van der Waals surface area (Å²) in [5.41, 5.74) is 18.3. The van der Waals surface area contributed by atoms with E-state index in [1.165, 1.54) is 76.8 Å². The van der Waals surface area contributed by atoms with Gasteiger partial charge in [0, 0.05) is 106 Å². The normalized spacial score (nSPS) is 11.7. The molecule has 1 unspecified atom stereocenters. The molecule has 0 bridgehead atoms. The number of aryl methyl sites for hydroxylation is 1. The number of hydrogen-bond acceptors (Lipinski definition) is 20. The summed E-state index contributed by atoms with van der Waals surface area (Å²) < 4.78 is 22.6. The molecule has 19 nitrogen and oxygen atoms in total. The standard InChI is InChI=1S/C33H45N5OS.C16H27N3O3S.C4H6O.C3H7IOS.C3H8.C3H6.C2H7N.C2H4O2.C2H6.CH4O.CH2O/c1-8-12-36-13-15-37(16-14-36)25-18-27(31(34-20-25)23(3)39-7)32-28(19-33(4,5)6)26-17-24(29-21-40-22-35-29)10-11-30(26)38(32)9-2;1-13(2)15(9-20)16-19-14(11-23-16)10-22-8-6-4-3-5-7-17-18-12-21;1-4(2)3-5;1-5-2-3-6-4;3*1-3-2;1-4-2-3;3*1-2/h10-11,17-18,20-23H,8-9,12-16,19H2,1-7H3;9,11-13,15,17H,3-8,10H2,1-2H3,(H,18,21);3H,1H2,2H3;2-3H2,1H3;3H2,1-2H3;3H,1H2,2H3;3H,1-2H3;2H,1H3;1-2H3;2H,1H3;1H2/t;15-;;;;;;;;;/m.1........./s1. The molecule has 4 N–H and O–H groups in total. The summed E-state index contributed by atoms with van der Waals surface area (Å²) in [6, 6.07) is 9.25. The van der Waals surface area contributed by atoms with Crippen molar-refractivity contribution in [3.8, 4) is 22.5 Å². The Hall–Kier alpha value is -4.80. The number of carbonyl (C=O) groups excluding carboxylic acids is 5. The molecular formula is C70H122IN9O10S3. The lowest BCUT2D eigenvalue weighted by atomic mass is 9.85. The smallest absolute Gasteiger partial charge is 0.292 e. The van der Waals surface area contributed by atoms with Gasteiger partial charge in [0.15, 0.2) is 0 Å². The van der Waals surface area contributed by atoms with Crippen LogP contribution < -0.4 is 21.1 Å². The molecule has 2 atom stereocenters. The number of rotatable bonds is 28. The van der Waals surface area contributed by atoms with E-state index in [-0.39, 0.29) is 23.4 Å². The van der Waals surface area contributed by atoms with Gasteiger partial charge < -0.3 is 48.4 Å². The van der Waals surface area contributed by atoms with Crippen molar-refractivity contribution >= 4 is 102 Å². The van der Waals surface area contributed by atoms with Crippen LogP contribution in [0.5, 0.6) is 0 Å². The van der Waals surface area contributed by atoms with Crippen LogP contribution in [0.25, 0.3) is 33.4 Å². The molecule has 0 radical (unpaired) electrons. The number of aliphatic hydroxyl groups excluding tert-OH is 1. The number of thiazole rings is 2. The average molecular weight is 1470 g/mol. The van der Waals surface area contributed by atoms with Gasteiger partial charge in [-0.3, -0.25) is 29.7 Å². The van der Waals surface area contributed by atoms with Crippen molar-refractivity contribution in [3.05, 3.63) is 93.5 Å². The Bertz CT molecular complexity index is 2570. The van der Waals surface area contributed by atoms with Gasteiger partial charge in [-0.25, -0.2) is 15.4 Å². The number of hydrazine groups is 1. The first kappa shape index (κ1) is 96.9. The zero-order valence-corrected chi connectivity index (χ0v) is 65.1. The van der Waals surface area contributed by atoms with Crippen LogP contribution in [0.2, 0.25) is 0 Å². The van der Waals surface area contributed by atoms with E-state index in [1.54, 1.807) is 47.5 Å². The van der Waals surface area contributed by atoms with E-state index in [2.05, 4.69) is 171 Å². The molecule has 0 saturated carbocycles. The zero-order valence-electron chi connectivity index (χ0n) is 60.5. The second-order valence-corrected chi connectivity index (χ2v) is 25.8. The van der Waals surface area contributed by atoms with Gasteiger partial charge in [-0.2, -0.15) is 0 Å². The number of aliphatic hydroxyl groups is 1. The summed E-state index contributed by atoms with van der Waals surface area (Å²) in [6.45, 7) is 47.7. The number of fused-ring (bicyclic) bond motifs is 1. The number of allylic oxidation sites excluding steroid dienone is 2. The molecule has 5 aromatic rings. The number of nitrogens with zero attached hydrogens (tertiary/aromatic N) is 6. The van der Waals surface area contributed by atoms with Gasteiger partial charge >= 0.3 is 0 Å². The van der Waals surface area contributed by atoms with Gasteiger partial charge in [0.05, 0.1) is 72.5 Å². The number of piperazine rings is 1. The number of nitrogens with one attached hydrogen (secondary N) is 3. The van der Waals surface area contributed by atoms with Gasteiger partial charge in [-0.15, -0.1) is 29.3 Å². The number of halogens is 1. The van der Waals surface area contributed by atoms with E-state index < -0.39 is 0 Å². The monoisotopic (exact) mass is 1470 g/mol. The Balaban J connectivity index is -0.000000409. The third kappa shape index (κ3) is 44.5. The molecule has 23 heteroatoms. The van der Waals surface area contributed by atoms with Crippen molar-refractivity contribution in [1.29, 1.82) is 0 Å². The van der Waals surface area contributed by atoms with Crippen molar-refractivity contribution < 1.29 is 48.0 Å². The summed E-state index contributed by atoms with van der Waals surface area (Å²) in [5, 5.41) is 16.0. The fourth-order valence-corrected chi connectivity index (χ4v) is 10.7. The number of aromatic nitrogens is 4. The number of pyridine rings is 1. The van der Waals surface area contributed by atoms with Crippen LogP contribution in [0.1, 0.15) is 169 Å². The van der Waals surface area contributed by atoms with Crippen LogP contribution in [0.15, 0.2) is 71.5 Å². The highest BCUT2D eigenvalue weighted by Crippen LogP contribution is 2.42. The molecule has 532 valence electrons. The summed E-state index contributed by atoms with van der Waals surface area (Å²) in [5.74, 6) is 1.25. The number of anilines is 1. The van der Waals surface area contributed by atoms with E-state index in [0.29, 0.717) is 31.7 Å². The lowest BCUT2D eigenvalue weighted by Crippen LogP contribution is -2.46. The fraction of sp³-hybridized carbons (Fsp3) is 0.600. The largest absolute Gasteiger partial charge is 0.471 e. The van der Waals surface area contributed by atoms with Gasteiger partial charge in [-0.05, 0) is 136 Å². The van der Waals surface area contributed by atoms with Crippen LogP contribution in [0, 0.1) is 11.3 Å². The van der Waals surface area contributed by atoms with E-state index in [1.807, 2.05) is 66.4 Å². The number of aldehydes is 2. The highest BCUT2D eigenvalue weighted by molar-refractivity contribution is 14.2. The molecule has 1 aliphatic heterocycles. The number of amides is 1. The minimum Gasteiger partial charge on any atom is -0.471 e. The van der Waals surface area contributed by atoms with Gasteiger partial charge in [0.25, 0.3) is 6.47 Å². The maximum Gasteiger partial charge on any atom is 0.292 e. The van der Waals surface area contributed by atoms with Crippen molar-refractivity contribution in [2.24, 2.45) is 11.3 Å². The van der Waals surface area contributed by atoms with Crippen molar-refractivity contribution in [2.45, 2.75) is 167 Å². The van der Waals surface area contributed by atoms with Crippen LogP contribution in [0.3, 0.4) is 0 Å². The summed E-state index contributed by atoms with van der Waals surface area (Å²) in [7, 11) is 11.3. The molecular weight excluding hydrogens is 1350 g/mol. The number of methoxy groups -OCH3 is 3. The maximum atomic E-state index is 11.1. The Kier molecular flexibility index (Phi) is 68.6. The number of unbranched alkanes of at least 4 members (excludes halogenated alkanes) is 3. The first-order valence-corrected chi connectivity index (χ1v) is 37.2. The first-order valence-electron chi connectivity index (χ1n) is 31.9. The Morgan fingerprint density at radius 3 is 1.96 bits per heavy atom. The molecule has 1 aromatic carbocycles. The second-order valence-electron chi connectivity index (χ2n) is 21.7. The van der Waals surface area contributed by atoms with Gasteiger partial charge in [0.2, 0.25) is 6.41 Å². The van der Waals surface area contributed by atoms with Crippen molar-refractivity contribution in [3.63, 3.8) is 0 Å². The zero-order chi connectivity index (χ0) is 72.0. The lowest BCUT2D eigenvalue weighted by molar-refractivity contribution is -0.126. The first-order chi connectivity index (χ1) is 44.8. The van der Waals surface area contributed by atoms with E-state index >= 15 is 0 Å². The molecule has 1 fully saturated rings. The van der Waals surface area contributed by atoms with Crippen LogP contribution in [0.4, 0.5) is 5.69 Å². The Morgan fingerprint density at radius 1 is 0.914 bits per heavy atom. The maximum absolute atomic E-state index is 11.1. The second kappa shape index (κ2) is 65.8. The Labute approximate surface area is 586 Å². The molecule has 5 heterocycles. The predicted molar refractivity (Wildman–Crippen MR) is 406 cm³/mol. The summed E-state index contributed by atoms with van der Waals surface area (Å²) in [6.07, 6.45) is 13.7. The highest BCUT2D eigenvalue weighted by Gasteiger charge is 2.28. The SMILES string of the molecule is C=C(C)C=O.C=CC.C=O.CC.CC(C)[C@@H](C=O)c1nc(COCCCCCCNNC=O)cs1.CCC.CCCN1CCN(c2cnc(C(C)OC)c(-c3c(CC(C)(C)C)c4cc(-c5cscn5)ccc4n3CC)c2)CC1.CNC.CO.COC=O.COCCSI. The van der Waals surface area contributed by atoms with Gasteiger partial charge in [0.1, 0.15) is 24.4 Å². The predicted octanol–water partition coefficient (Wildman–Crippen LogP) is 15.2. The highest BCUT2D eigenvalue weighted by atomic mass is 127. The average Bonchev–Trinajstić information content (AvgIpc) is 1.61. The topological polar surface area (TPSA) is 229 Å². The van der Waals surface area contributed by atoms with Gasteiger partial charge in [-0.1, -0.05) is 116 Å². The third-order valence-corrected chi connectivity index (χ3v) is 15.5. The minimum atomic E-state index is -0.115. The molecule has 1 aliphatic rings. The minimum absolute atomic E-state index is 0.109. The molecule has 93 heavy (non-hydrogen) atoms.